The fraction of sp³-hybridized carbons (Fsp3) is 0.923. The second kappa shape index (κ2) is 5.83. The number of amidine groups is 1. The molecule has 0 aliphatic carbocycles. The van der Waals surface area contributed by atoms with Crippen molar-refractivity contribution in [2.75, 3.05) is 33.2 Å². The van der Waals surface area contributed by atoms with Crippen molar-refractivity contribution in [3.05, 3.63) is 0 Å². The number of nitrogens with zero attached hydrogens (tertiary/aromatic N) is 2. The molecule has 1 aliphatic rings. The van der Waals surface area contributed by atoms with Crippen LogP contribution < -0.4 is 5.73 Å². The van der Waals surface area contributed by atoms with Crippen LogP contribution in [-0.4, -0.2) is 54.9 Å². The Bertz CT molecular complexity index is 262. The van der Waals surface area contributed by atoms with E-state index in [0.717, 1.165) is 32.5 Å². The monoisotopic (exact) mass is 240 g/mol. The van der Waals surface area contributed by atoms with Gasteiger partial charge in [0.2, 0.25) is 0 Å². The van der Waals surface area contributed by atoms with Gasteiger partial charge in [-0.3, -0.25) is 10.3 Å². The van der Waals surface area contributed by atoms with Crippen molar-refractivity contribution in [2.24, 2.45) is 11.1 Å². The minimum atomic E-state index is -0.143. The van der Waals surface area contributed by atoms with E-state index in [1.54, 1.807) is 0 Å². The zero-order valence-electron chi connectivity index (χ0n) is 11.8. The maximum absolute atomic E-state index is 7.54. The molecule has 0 bridgehead atoms. The van der Waals surface area contributed by atoms with Crippen LogP contribution >= 0.6 is 0 Å². The van der Waals surface area contributed by atoms with E-state index in [1.165, 1.54) is 6.54 Å². The van der Waals surface area contributed by atoms with Gasteiger partial charge in [-0.05, 0) is 33.4 Å². The van der Waals surface area contributed by atoms with Gasteiger partial charge < -0.3 is 10.6 Å². The second-order valence-electron chi connectivity index (χ2n) is 6.05. The third-order valence-corrected chi connectivity index (χ3v) is 3.94. The highest BCUT2D eigenvalue weighted by molar-refractivity contribution is 5.82. The number of nitrogens with two attached hydrogens (primary N) is 1. The van der Waals surface area contributed by atoms with Gasteiger partial charge in [-0.15, -0.1) is 0 Å². The summed E-state index contributed by atoms with van der Waals surface area (Å²) in [6.45, 7) is 11.0. The molecule has 4 nitrogen and oxygen atoms in total. The quantitative estimate of drug-likeness (QED) is 0.563. The first-order valence-corrected chi connectivity index (χ1v) is 6.60. The number of piperazine rings is 1. The lowest BCUT2D eigenvalue weighted by Gasteiger charge is -2.38. The van der Waals surface area contributed by atoms with E-state index in [0.29, 0.717) is 11.9 Å². The lowest BCUT2D eigenvalue weighted by atomic mass is 9.86. The first-order valence-electron chi connectivity index (χ1n) is 6.60. The zero-order chi connectivity index (χ0) is 13.1. The van der Waals surface area contributed by atoms with E-state index in [-0.39, 0.29) is 5.41 Å². The summed E-state index contributed by atoms with van der Waals surface area (Å²) in [4.78, 5) is 4.94. The van der Waals surface area contributed by atoms with Crippen LogP contribution in [0.1, 0.15) is 33.6 Å². The predicted octanol–water partition coefficient (Wildman–Crippen LogP) is 1.36. The highest BCUT2D eigenvalue weighted by Crippen LogP contribution is 2.22. The van der Waals surface area contributed by atoms with Crippen LogP contribution in [0.3, 0.4) is 0 Å². The number of hydrogen-bond acceptors (Lipinski definition) is 3. The maximum Gasteiger partial charge on any atom is 0.0963 e. The average Bonchev–Trinajstić information content (AvgIpc) is 2.21. The molecule has 1 fully saturated rings. The molecular formula is C13H28N4. The van der Waals surface area contributed by atoms with Crippen molar-refractivity contribution in [3.8, 4) is 0 Å². The fourth-order valence-corrected chi connectivity index (χ4v) is 2.37. The summed E-state index contributed by atoms with van der Waals surface area (Å²) < 4.78 is 0. The molecule has 0 aromatic rings. The van der Waals surface area contributed by atoms with Crippen LogP contribution in [0.15, 0.2) is 0 Å². The summed E-state index contributed by atoms with van der Waals surface area (Å²) in [5, 5.41) is 7.54. The van der Waals surface area contributed by atoms with Gasteiger partial charge in [0, 0.05) is 31.1 Å². The summed E-state index contributed by atoms with van der Waals surface area (Å²) in [5.74, 6) is 0.309. The van der Waals surface area contributed by atoms with E-state index in [4.69, 9.17) is 11.1 Å². The normalized spacial score (nSPS) is 23.9. The van der Waals surface area contributed by atoms with E-state index in [9.17, 15) is 0 Å². The third-order valence-electron chi connectivity index (χ3n) is 3.94. The SMILES string of the molecule is CC1CN(C)CCN1CCCC(C)(C)C(=N)N. The highest BCUT2D eigenvalue weighted by atomic mass is 15.3. The first-order chi connectivity index (χ1) is 7.83. The molecule has 100 valence electrons. The van der Waals surface area contributed by atoms with Crippen LogP contribution in [0.4, 0.5) is 0 Å². The van der Waals surface area contributed by atoms with Gasteiger partial charge in [-0.25, -0.2) is 0 Å². The predicted molar refractivity (Wildman–Crippen MR) is 73.5 cm³/mol. The molecule has 1 rings (SSSR count). The Morgan fingerprint density at radius 3 is 2.59 bits per heavy atom. The minimum absolute atomic E-state index is 0.143. The van der Waals surface area contributed by atoms with Crippen LogP contribution in [0.2, 0.25) is 0 Å². The first kappa shape index (κ1) is 14.5. The van der Waals surface area contributed by atoms with Gasteiger partial charge in [0.25, 0.3) is 0 Å². The number of likely N-dealkylation sites (N-methyl/N-ethyl adjacent to an activating group) is 1. The molecule has 1 atom stereocenters. The molecule has 0 aromatic carbocycles. The summed E-state index contributed by atoms with van der Waals surface area (Å²) >= 11 is 0. The van der Waals surface area contributed by atoms with Gasteiger partial charge in [-0.2, -0.15) is 0 Å². The van der Waals surface area contributed by atoms with Crippen molar-refractivity contribution in [1.29, 1.82) is 5.41 Å². The molecular weight excluding hydrogens is 212 g/mol. The molecule has 17 heavy (non-hydrogen) atoms. The largest absolute Gasteiger partial charge is 0.387 e. The Morgan fingerprint density at radius 2 is 2.06 bits per heavy atom. The molecule has 0 aromatic heterocycles. The Labute approximate surface area is 106 Å². The molecule has 1 aliphatic heterocycles. The summed E-state index contributed by atoms with van der Waals surface area (Å²) in [6, 6.07) is 0.647. The zero-order valence-corrected chi connectivity index (χ0v) is 11.8. The number of hydrogen-bond donors (Lipinski definition) is 2. The minimum Gasteiger partial charge on any atom is -0.387 e. The Balaban J connectivity index is 2.29. The Hall–Kier alpha value is -0.610. The third kappa shape index (κ3) is 4.28. The van der Waals surface area contributed by atoms with Crippen molar-refractivity contribution in [3.63, 3.8) is 0 Å². The number of rotatable bonds is 5. The van der Waals surface area contributed by atoms with Gasteiger partial charge in [-0.1, -0.05) is 13.8 Å². The second-order valence-corrected chi connectivity index (χ2v) is 6.05. The van der Waals surface area contributed by atoms with Crippen LogP contribution in [-0.2, 0) is 0 Å². The van der Waals surface area contributed by atoms with Crippen molar-refractivity contribution in [2.45, 2.75) is 39.7 Å². The molecule has 1 saturated heterocycles. The molecule has 4 heteroatoms. The van der Waals surface area contributed by atoms with Crippen LogP contribution in [0.25, 0.3) is 0 Å². The van der Waals surface area contributed by atoms with Gasteiger partial charge >= 0.3 is 0 Å². The molecule has 0 amide bonds. The molecule has 0 saturated carbocycles. The number of nitrogens with one attached hydrogen (secondary N) is 1. The van der Waals surface area contributed by atoms with E-state index in [2.05, 4.69) is 37.6 Å². The molecule has 0 radical (unpaired) electrons. The van der Waals surface area contributed by atoms with Crippen LogP contribution in [0, 0.1) is 10.8 Å². The summed E-state index contributed by atoms with van der Waals surface area (Å²) in [6.07, 6.45) is 2.13. The fourth-order valence-electron chi connectivity index (χ4n) is 2.37. The Kier molecular flexibility index (Phi) is 4.95. The van der Waals surface area contributed by atoms with Crippen molar-refractivity contribution >= 4 is 5.84 Å². The summed E-state index contributed by atoms with van der Waals surface area (Å²) in [7, 11) is 2.19. The van der Waals surface area contributed by atoms with Crippen molar-refractivity contribution < 1.29 is 0 Å². The summed E-state index contributed by atoms with van der Waals surface area (Å²) in [5.41, 5.74) is 5.45. The molecule has 0 spiro atoms. The van der Waals surface area contributed by atoms with E-state index >= 15 is 0 Å². The van der Waals surface area contributed by atoms with Gasteiger partial charge in [0.1, 0.15) is 0 Å². The van der Waals surface area contributed by atoms with E-state index < -0.39 is 0 Å². The van der Waals surface area contributed by atoms with E-state index in [1.807, 2.05) is 0 Å². The maximum atomic E-state index is 7.54. The van der Waals surface area contributed by atoms with Crippen LogP contribution in [0.5, 0.6) is 0 Å². The topological polar surface area (TPSA) is 56.4 Å². The standard InChI is InChI=1S/C13H28N4/c1-11-10-16(4)8-9-17(11)7-5-6-13(2,3)12(14)15/h11H,5-10H2,1-4H3,(H3,14,15). The average molecular weight is 240 g/mol. The highest BCUT2D eigenvalue weighted by Gasteiger charge is 2.24. The van der Waals surface area contributed by atoms with Gasteiger partial charge in [0.15, 0.2) is 0 Å². The molecule has 1 unspecified atom stereocenters. The lowest BCUT2D eigenvalue weighted by Crippen LogP contribution is -2.50. The lowest BCUT2D eigenvalue weighted by molar-refractivity contribution is 0.0967. The van der Waals surface area contributed by atoms with Crippen molar-refractivity contribution in [1.82, 2.24) is 9.80 Å². The smallest absolute Gasteiger partial charge is 0.0963 e. The molecule has 3 N–H and O–H groups in total. The molecule has 1 heterocycles. The Morgan fingerprint density at radius 1 is 1.41 bits per heavy atom. The van der Waals surface area contributed by atoms with Gasteiger partial charge in [0.05, 0.1) is 5.84 Å².